The van der Waals surface area contributed by atoms with Gasteiger partial charge in [-0.1, -0.05) is 78.9 Å². The molecule has 0 radical (unpaired) electrons. The Morgan fingerprint density at radius 3 is 1.16 bits per heavy atom. The summed E-state index contributed by atoms with van der Waals surface area (Å²) in [5.41, 5.74) is 42.9. The van der Waals surface area contributed by atoms with Crippen LogP contribution < -0.4 is 70.6 Å². The Hall–Kier alpha value is -18.5. The molecule has 146 heavy (non-hydrogen) atoms. The first-order valence-electron chi connectivity index (χ1n) is 46.9. The lowest BCUT2D eigenvalue weighted by Gasteiger charge is -2.11. The molecule has 0 spiro atoms. The normalized spacial score (nSPS) is 18.1. The van der Waals surface area contributed by atoms with Crippen LogP contribution in [0, 0.1) is 104 Å². The molecule has 1 aliphatic heterocycles. The maximum absolute atomic E-state index is 13.2. The number of alkyl halides is 3. The van der Waals surface area contributed by atoms with Crippen molar-refractivity contribution in [1.82, 2.24) is 70.0 Å². The number of amides is 7. The van der Waals surface area contributed by atoms with Crippen LogP contribution in [0.2, 0.25) is 0 Å². The van der Waals surface area contributed by atoms with Crippen LogP contribution in [0.3, 0.4) is 0 Å². The quantitative estimate of drug-likeness (QED) is 0.0357. The van der Waals surface area contributed by atoms with Crippen molar-refractivity contribution < 1.29 is 51.5 Å². The van der Waals surface area contributed by atoms with Crippen LogP contribution >= 0.6 is 0 Å². The minimum Gasteiger partial charge on any atom is -0.439 e. The van der Waals surface area contributed by atoms with Gasteiger partial charge in [-0.25, -0.2) is 49.8 Å². The van der Waals surface area contributed by atoms with Crippen LogP contribution in [0.4, 0.5) is 77.0 Å². The number of fused-ring (bicyclic) bond motifs is 6. The molecule has 734 valence electrons. The smallest absolute Gasteiger partial charge is 0.431 e. The van der Waals surface area contributed by atoms with Crippen LogP contribution in [-0.2, 0) is 39.7 Å². The summed E-state index contributed by atoms with van der Waals surface area (Å²) >= 11 is 0. The summed E-state index contributed by atoms with van der Waals surface area (Å²) in [4.78, 5) is 137. The predicted molar refractivity (Wildman–Crippen MR) is 552 cm³/mol. The first kappa shape index (κ1) is 97.7. The summed E-state index contributed by atoms with van der Waals surface area (Å²) < 4.78 is 45.1. The molecule has 10 atom stereocenters. The van der Waals surface area contributed by atoms with E-state index in [1.807, 2.05) is 174 Å². The number of nitrogens with zero attached hydrogens (tertiary/aromatic N) is 14. The SMILES string of the molecule is C=C1Nc2cc(C)c(-c3cc4cc(NC(=O)[C@@H]5C[C@H]5C#N)ncc4c(N)n3)cc2O1.CCNC(=O)[C@H]1C[C@H]1C(=O)Nc1cc2cc(-c3ccccc3C)nc(N)c2cn1.Cc1ccccc1-c1cc2cc(NC(=O)[C@@H]3C[C@@H]3C(=O)N(C)C)ncc2c(N)n1.Cc1ccccc1-c1cc2cc(NC(=O)[C@@H]3C[C@H]3c3cccnc3)ncc2c(N)n1.N#C[C@H]1C[C@@H]1C(=O)Nc1cc2cc(-c3cc[nH]c3C(F)(F)F)nc(N)c2cn1. The van der Waals surface area contributed by atoms with Crippen molar-refractivity contribution >= 4 is 159 Å². The second-order valence-corrected chi connectivity index (χ2v) is 36.8. The Balaban J connectivity index is 0.000000120. The number of aromatic nitrogens is 12. The number of benzene rings is 4. The van der Waals surface area contributed by atoms with E-state index in [9.17, 15) is 46.7 Å². The highest BCUT2D eigenvalue weighted by molar-refractivity contribution is 6.06. The minimum absolute atomic E-state index is 0.0154. The molecule has 35 nitrogen and oxygen atoms in total. The molecular formula is C108H98F3N27O8. The zero-order valence-corrected chi connectivity index (χ0v) is 80.0. The fourth-order valence-corrected chi connectivity index (χ4v) is 17.7. The van der Waals surface area contributed by atoms with Crippen molar-refractivity contribution in [3.05, 3.63) is 259 Å². The van der Waals surface area contributed by atoms with Crippen LogP contribution in [0.15, 0.2) is 226 Å². The molecule has 4 aromatic carbocycles. The molecule has 38 heteroatoms. The Bertz CT molecular complexity index is 8090. The number of nitrogens with one attached hydrogen (secondary N) is 8. The van der Waals surface area contributed by atoms with E-state index in [0.717, 1.165) is 117 Å². The number of carbonyl (C=O) groups is 7. The molecule has 5 saturated carbocycles. The number of pyridine rings is 11. The largest absolute Gasteiger partial charge is 0.439 e. The Morgan fingerprint density at radius 1 is 0.432 bits per heavy atom. The van der Waals surface area contributed by atoms with Crippen LogP contribution in [0.1, 0.15) is 78.5 Å². The van der Waals surface area contributed by atoms with Gasteiger partial charge in [0.15, 0.2) is 11.6 Å². The molecule has 16 aromatic rings. The van der Waals surface area contributed by atoms with Crippen LogP contribution in [0.25, 0.3) is 110 Å². The number of hydrogen-bond donors (Lipinski definition) is 13. The number of halogens is 3. The average Bonchev–Trinajstić information content (AvgIpc) is 1.59. The number of aryl methyl sites for hydroxylation is 4. The van der Waals surface area contributed by atoms with E-state index in [-0.39, 0.29) is 123 Å². The fourth-order valence-electron chi connectivity index (χ4n) is 17.7. The van der Waals surface area contributed by atoms with E-state index in [1.165, 1.54) is 35.5 Å². The molecule has 7 amide bonds. The van der Waals surface area contributed by atoms with E-state index in [4.69, 9.17) is 43.9 Å². The Kier molecular flexibility index (Phi) is 27.2. The molecule has 5 fully saturated rings. The second kappa shape index (κ2) is 40.6. The lowest BCUT2D eigenvalue weighted by atomic mass is 10.0. The fraction of sp³-hybridized carbons (Fsp3) is 0.222. The number of nitrogens with two attached hydrogens (primary N) is 5. The standard InChI is InChI=1S/C24H21N5O.C22H18N6O2.2C22H23N5O2.C18H13F3N6O/c1-14-5-2-3-7-17(14)21-9-16-10-22(27-13-20(16)23(25)28-21)29-24(30)19-11-18(19)15-6-4-8-26-12-15;1-10-3-18-19(30-11(2)26-18)7-14(10)17-5-12-6-20(25-9-16(12)21(24)27-17)28-22(29)15-4-13(15)8-23;1-12-6-4-5-7-14(12)18-8-13-9-19(24-11-17(13)20(23)25-18)26-21(28)15-10-16(15)22(29)27(2)3;1-3-24-21(28)15-10-16(15)22(29)27-19-9-13-8-18(14-7-5-4-6-12(14)2)26-20(23)17(13)11-25-19;19-18(20,21)15-10(1-2-24-15)13-4-8-5-14(25-7-12(8)16(23)26-13)27-17(28)11-3-9(11)6-22/h2-10,12-13,18-19H,11H2,1H3,(H2,25,28)(H,27,29,30);3,5-7,9,13,15,26H,2,4H2,1H3,(H2,24,27)(H,25,28,29);4-9,11,15-16H,10H2,1-3H3,(H2,23,25)(H,24,26,28);4-9,11,15-16H,3,10H2,1-2H3,(H2,23,26)(H,24,28)(H,25,27,29);1-2,4-5,7,9,11,24H,3H2,(H2,23,26)(H,25,27,28)/t18-,19+;13-,15+;2*15-,16+;9-,11+/m00101/s1. The number of carbonyl (C=O) groups excluding carboxylic acids is 7. The van der Waals surface area contributed by atoms with Crippen molar-refractivity contribution in [2.75, 3.05) is 81.2 Å². The lowest BCUT2D eigenvalue weighted by molar-refractivity contribution is -0.140. The predicted octanol–water partition coefficient (Wildman–Crippen LogP) is 17.0. The van der Waals surface area contributed by atoms with Gasteiger partial charge >= 0.3 is 6.18 Å². The van der Waals surface area contributed by atoms with Crippen molar-refractivity contribution in [1.29, 1.82) is 10.5 Å². The Labute approximate surface area is 833 Å². The first-order chi connectivity index (χ1) is 70.1. The highest BCUT2D eigenvalue weighted by Crippen LogP contribution is 2.50. The van der Waals surface area contributed by atoms with Crippen molar-refractivity contribution in [3.8, 4) is 74.2 Å². The summed E-state index contributed by atoms with van der Waals surface area (Å²) in [7, 11) is 3.40. The third-order valence-electron chi connectivity index (χ3n) is 26.2. The second-order valence-electron chi connectivity index (χ2n) is 36.8. The zero-order chi connectivity index (χ0) is 103. The number of nitriles is 2. The molecule has 13 heterocycles. The first-order valence-corrected chi connectivity index (χ1v) is 46.9. The molecule has 0 saturated heterocycles. The molecule has 0 bridgehead atoms. The van der Waals surface area contributed by atoms with E-state index in [0.29, 0.717) is 112 Å². The molecule has 22 rings (SSSR count). The zero-order valence-electron chi connectivity index (χ0n) is 80.0. The number of nitrogen functional groups attached to an aromatic ring is 5. The van der Waals surface area contributed by atoms with Crippen molar-refractivity contribution in [2.24, 2.45) is 53.3 Å². The van der Waals surface area contributed by atoms with E-state index < -0.39 is 11.9 Å². The van der Waals surface area contributed by atoms with Gasteiger partial charge < -0.3 is 80.5 Å². The highest BCUT2D eigenvalue weighted by atomic mass is 19.4. The van der Waals surface area contributed by atoms with Crippen LogP contribution in [0.5, 0.6) is 5.75 Å². The summed E-state index contributed by atoms with van der Waals surface area (Å²) in [5, 5.41) is 44.8. The van der Waals surface area contributed by atoms with Crippen LogP contribution in [-0.4, -0.2) is 127 Å². The van der Waals surface area contributed by atoms with Gasteiger partial charge in [0.2, 0.25) is 41.4 Å². The van der Waals surface area contributed by atoms with Crippen molar-refractivity contribution in [2.45, 2.75) is 78.8 Å². The Morgan fingerprint density at radius 2 is 0.795 bits per heavy atom. The number of anilines is 11. The van der Waals surface area contributed by atoms with E-state index >= 15 is 0 Å². The number of ether oxygens (including phenoxy) is 1. The van der Waals surface area contributed by atoms with Gasteiger partial charge in [-0.05, 0) is 219 Å². The van der Waals surface area contributed by atoms with Gasteiger partial charge in [-0.3, -0.25) is 38.5 Å². The number of hydrogen-bond acceptors (Lipinski definition) is 27. The van der Waals surface area contributed by atoms with Gasteiger partial charge in [-0.15, -0.1) is 0 Å². The minimum atomic E-state index is -4.57. The van der Waals surface area contributed by atoms with E-state index in [2.05, 4.69) is 110 Å². The lowest BCUT2D eigenvalue weighted by Crippen LogP contribution is -2.27. The van der Waals surface area contributed by atoms with Gasteiger partial charge in [0.25, 0.3) is 0 Å². The summed E-state index contributed by atoms with van der Waals surface area (Å²) in [6.45, 7) is 14.3. The molecule has 5 aliphatic carbocycles. The summed E-state index contributed by atoms with van der Waals surface area (Å²) in [6, 6.07) is 55.2. The molecule has 6 aliphatic rings. The van der Waals surface area contributed by atoms with Gasteiger partial charge in [0, 0.05) is 131 Å². The van der Waals surface area contributed by atoms with E-state index in [1.54, 1.807) is 63.3 Å². The monoisotopic (exact) mass is 1960 g/mol. The number of H-pyrrole nitrogens is 1. The molecule has 0 unspecified atom stereocenters. The topological polar surface area (TPSA) is 551 Å². The van der Waals surface area contributed by atoms with Gasteiger partial charge in [-0.2, -0.15) is 23.7 Å². The highest BCUT2D eigenvalue weighted by Gasteiger charge is 2.51. The number of aromatic amines is 1. The molecule has 12 aromatic heterocycles. The maximum atomic E-state index is 13.2. The van der Waals surface area contributed by atoms with Gasteiger partial charge in [0.1, 0.15) is 63.9 Å². The molecule has 18 N–H and O–H groups in total. The maximum Gasteiger partial charge on any atom is 0.431 e. The summed E-state index contributed by atoms with van der Waals surface area (Å²) in [5.74, 6) is 1.80. The summed E-state index contributed by atoms with van der Waals surface area (Å²) in [6.07, 6.45) is 11.1. The number of rotatable bonds is 19. The molecular weight excluding hydrogens is 1860 g/mol. The average molecular weight is 1960 g/mol. The third-order valence-corrected chi connectivity index (χ3v) is 26.2. The van der Waals surface area contributed by atoms with Gasteiger partial charge in [0.05, 0.1) is 93.6 Å². The third kappa shape index (κ3) is 21.5. The van der Waals surface area contributed by atoms with Crippen molar-refractivity contribution in [3.63, 3.8) is 0 Å².